The first-order valence-corrected chi connectivity index (χ1v) is 8.64. The highest BCUT2D eigenvalue weighted by Gasteiger charge is 2.34. The molecule has 0 aliphatic carbocycles. The van der Waals surface area contributed by atoms with Gasteiger partial charge in [0.2, 0.25) is 5.91 Å². The predicted octanol–water partition coefficient (Wildman–Crippen LogP) is 1.40. The zero-order valence-electron chi connectivity index (χ0n) is 13.8. The summed E-state index contributed by atoms with van der Waals surface area (Å²) in [4.78, 5) is 14.1. The largest absolute Gasteiger partial charge is 0.385 e. The number of benzene rings is 1. The van der Waals surface area contributed by atoms with Gasteiger partial charge in [0.05, 0.1) is 18.2 Å². The van der Waals surface area contributed by atoms with Crippen LogP contribution in [0.3, 0.4) is 0 Å². The minimum atomic E-state index is -0.932. The molecule has 2 saturated heterocycles. The van der Waals surface area contributed by atoms with E-state index in [0.29, 0.717) is 39.0 Å². The van der Waals surface area contributed by atoms with Gasteiger partial charge in [-0.1, -0.05) is 12.1 Å². The van der Waals surface area contributed by atoms with Crippen molar-refractivity contribution < 1.29 is 19.0 Å². The van der Waals surface area contributed by atoms with Gasteiger partial charge in [0, 0.05) is 26.2 Å². The third-order valence-corrected chi connectivity index (χ3v) is 4.98. The summed E-state index contributed by atoms with van der Waals surface area (Å²) in [5, 5.41) is 13.7. The van der Waals surface area contributed by atoms with Crippen LogP contribution in [0.25, 0.3) is 0 Å². The van der Waals surface area contributed by atoms with Crippen molar-refractivity contribution in [3.8, 4) is 0 Å². The van der Waals surface area contributed by atoms with Gasteiger partial charge in [-0.15, -0.1) is 0 Å². The van der Waals surface area contributed by atoms with E-state index in [9.17, 15) is 14.3 Å². The summed E-state index contributed by atoms with van der Waals surface area (Å²) < 4.78 is 18.5. The van der Waals surface area contributed by atoms with Crippen LogP contribution in [0.2, 0.25) is 0 Å². The second kappa shape index (κ2) is 7.59. The number of amides is 1. The quantitative estimate of drug-likeness (QED) is 0.853. The first-order valence-electron chi connectivity index (χ1n) is 8.64. The summed E-state index contributed by atoms with van der Waals surface area (Å²) in [6.07, 6.45) is 3.30. The lowest BCUT2D eigenvalue weighted by Crippen LogP contribution is -2.47. The molecule has 6 heteroatoms. The van der Waals surface area contributed by atoms with Crippen LogP contribution < -0.4 is 5.32 Å². The third-order valence-electron chi connectivity index (χ3n) is 4.98. The molecule has 1 aromatic carbocycles. The molecule has 0 saturated carbocycles. The maximum Gasteiger partial charge on any atom is 0.234 e. The molecule has 2 heterocycles. The smallest absolute Gasteiger partial charge is 0.234 e. The van der Waals surface area contributed by atoms with E-state index < -0.39 is 5.60 Å². The fourth-order valence-corrected chi connectivity index (χ4v) is 3.42. The van der Waals surface area contributed by atoms with Crippen molar-refractivity contribution in [3.63, 3.8) is 0 Å². The Morgan fingerprint density at radius 1 is 1.33 bits per heavy atom. The molecular weight excluding hydrogens is 311 g/mol. The minimum Gasteiger partial charge on any atom is -0.385 e. The van der Waals surface area contributed by atoms with Crippen LogP contribution in [0.5, 0.6) is 0 Å². The van der Waals surface area contributed by atoms with Crippen molar-refractivity contribution >= 4 is 5.91 Å². The van der Waals surface area contributed by atoms with Gasteiger partial charge in [-0.3, -0.25) is 9.69 Å². The number of ether oxygens (including phenoxy) is 1. The van der Waals surface area contributed by atoms with Crippen molar-refractivity contribution in [2.75, 3.05) is 32.8 Å². The monoisotopic (exact) mass is 336 g/mol. The highest BCUT2D eigenvalue weighted by Crippen LogP contribution is 2.32. The van der Waals surface area contributed by atoms with E-state index in [-0.39, 0.29) is 17.8 Å². The van der Waals surface area contributed by atoms with E-state index in [1.807, 2.05) is 4.90 Å². The van der Waals surface area contributed by atoms with Gasteiger partial charge in [-0.05, 0) is 43.4 Å². The van der Waals surface area contributed by atoms with E-state index in [1.54, 1.807) is 12.1 Å². The van der Waals surface area contributed by atoms with E-state index in [2.05, 4.69) is 5.32 Å². The van der Waals surface area contributed by atoms with Crippen LogP contribution in [0, 0.1) is 5.82 Å². The van der Waals surface area contributed by atoms with E-state index >= 15 is 0 Å². The number of nitrogens with zero attached hydrogens (tertiary/aromatic N) is 1. The van der Waals surface area contributed by atoms with E-state index in [0.717, 1.165) is 25.0 Å². The van der Waals surface area contributed by atoms with Crippen LogP contribution in [0.1, 0.15) is 31.2 Å². The summed E-state index contributed by atoms with van der Waals surface area (Å²) >= 11 is 0. The Labute approximate surface area is 141 Å². The molecule has 24 heavy (non-hydrogen) atoms. The van der Waals surface area contributed by atoms with Gasteiger partial charge in [-0.2, -0.15) is 0 Å². The summed E-state index contributed by atoms with van der Waals surface area (Å²) in [5.41, 5.74) is -0.190. The first kappa shape index (κ1) is 17.3. The maximum absolute atomic E-state index is 13.0. The van der Waals surface area contributed by atoms with Crippen LogP contribution >= 0.6 is 0 Å². The second-order valence-electron chi connectivity index (χ2n) is 6.75. The fraction of sp³-hybridized carbons (Fsp3) is 0.611. The highest BCUT2D eigenvalue weighted by molar-refractivity contribution is 5.78. The molecule has 2 aliphatic heterocycles. The number of hydrogen-bond acceptors (Lipinski definition) is 4. The average Bonchev–Trinajstić information content (AvgIpc) is 3.09. The molecule has 132 valence electrons. The van der Waals surface area contributed by atoms with Crippen molar-refractivity contribution in [2.24, 2.45) is 0 Å². The lowest BCUT2D eigenvalue weighted by Gasteiger charge is -2.38. The topological polar surface area (TPSA) is 61.8 Å². The highest BCUT2D eigenvalue weighted by atomic mass is 19.1. The Balaban J connectivity index is 1.44. The molecule has 5 nitrogen and oxygen atoms in total. The van der Waals surface area contributed by atoms with Crippen LogP contribution in [0.4, 0.5) is 4.39 Å². The molecule has 2 aliphatic rings. The number of piperidine rings is 1. The number of aliphatic hydroxyl groups is 1. The fourth-order valence-electron chi connectivity index (χ4n) is 3.42. The summed E-state index contributed by atoms with van der Waals surface area (Å²) in [6, 6.07) is 6.02. The Morgan fingerprint density at radius 3 is 2.67 bits per heavy atom. The molecule has 0 bridgehead atoms. The van der Waals surface area contributed by atoms with Crippen LogP contribution in [-0.4, -0.2) is 54.8 Å². The van der Waals surface area contributed by atoms with Crippen LogP contribution in [-0.2, 0) is 15.1 Å². The van der Waals surface area contributed by atoms with Crippen molar-refractivity contribution in [3.05, 3.63) is 35.6 Å². The molecule has 3 rings (SSSR count). The standard InChI is InChI=1S/C18H25FN2O3/c19-15-5-3-14(4-6-15)18(23)7-9-21(10-8-18)13-17(22)20-12-16-2-1-11-24-16/h3-6,16,23H,1-2,7-13H2,(H,20,22). The molecule has 1 aromatic rings. The van der Waals surface area contributed by atoms with Crippen LogP contribution in [0.15, 0.2) is 24.3 Å². The normalized spacial score (nSPS) is 24.0. The molecule has 0 radical (unpaired) electrons. The number of halogens is 1. The van der Waals surface area contributed by atoms with Gasteiger partial charge in [0.1, 0.15) is 5.82 Å². The van der Waals surface area contributed by atoms with Gasteiger partial charge in [-0.25, -0.2) is 4.39 Å². The molecule has 2 fully saturated rings. The SMILES string of the molecule is O=C(CN1CCC(O)(c2ccc(F)cc2)CC1)NCC1CCCO1. The van der Waals surface area contributed by atoms with Gasteiger partial charge in [0.15, 0.2) is 0 Å². The molecule has 1 atom stereocenters. The molecule has 0 aromatic heterocycles. The maximum atomic E-state index is 13.0. The third kappa shape index (κ3) is 4.32. The summed E-state index contributed by atoms with van der Waals surface area (Å²) in [5.74, 6) is -0.305. The zero-order chi connectivity index (χ0) is 17.0. The van der Waals surface area contributed by atoms with Gasteiger partial charge < -0.3 is 15.2 Å². The lowest BCUT2D eigenvalue weighted by atomic mass is 9.84. The number of rotatable bonds is 5. The minimum absolute atomic E-state index is 0.00211. The van der Waals surface area contributed by atoms with Crippen molar-refractivity contribution in [1.82, 2.24) is 10.2 Å². The number of likely N-dealkylation sites (tertiary alicyclic amines) is 1. The molecule has 1 unspecified atom stereocenters. The molecule has 2 N–H and O–H groups in total. The number of carbonyl (C=O) groups is 1. The van der Waals surface area contributed by atoms with Gasteiger partial charge in [0.25, 0.3) is 0 Å². The Bertz CT molecular complexity index is 550. The van der Waals surface area contributed by atoms with Gasteiger partial charge >= 0.3 is 0 Å². The lowest BCUT2D eigenvalue weighted by molar-refractivity contribution is -0.124. The van der Waals surface area contributed by atoms with E-state index in [1.165, 1.54) is 12.1 Å². The molecule has 0 spiro atoms. The average molecular weight is 336 g/mol. The second-order valence-corrected chi connectivity index (χ2v) is 6.75. The van der Waals surface area contributed by atoms with Crippen molar-refractivity contribution in [2.45, 2.75) is 37.4 Å². The Hall–Kier alpha value is -1.50. The number of hydrogen-bond donors (Lipinski definition) is 2. The number of nitrogens with one attached hydrogen (secondary N) is 1. The predicted molar refractivity (Wildman–Crippen MR) is 88.0 cm³/mol. The number of carbonyl (C=O) groups excluding carboxylic acids is 1. The summed E-state index contributed by atoms with van der Waals surface area (Å²) in [7, 11) is 0. The molecule has 1 amide bonds. The van der Waals surface area contributed by atoms with Crippen molar-refractivity contribution in [1.29, 1.82) is 0 Å². The first-order chi connectivity index (χ1) is 11.5. The molecular formula is C18H25FN2O3. The summed E-state index contributed by atoms with van der Waals surface area (Å²) in [6.45, 7) is 2.98. The van der Waals surface area contributed by atoms with E-state index in [4.69, 9.17) is 4.74 Å². The Morgan fingerprint density at radius 2 is 2.04 bits per heavy atom. The zero-order valence-corrected chi connectivity index (χ0v) is 13.8. The Kier molecular flexibility index (Phi) is 5.48.